The third kappa shape index (κ3) is 38.9. The van der Waals surface area contributed by atoms with E-state index in [-0.39, 0.29) is 84.8 Å². The molecule has 0 unspecified atom stereocenters. The molecule has 0 aliphatic carbocycles. The van der Waals surface area contributed by atoms with Crippen LogP contribution in [-0.2, 0) is 32.9 Å². The second-order valence-electron chi connectivity index (χ2n) is 10.1. The normalized spacial score (nSPS) is 11.8. The van der Waals surface area contributed by atoms with Crippen LogP contribution in [0.2, 0.25) is 0 Å². The third-order valence-electron chi connectivity index (χ3n) is 6.26. The number of amides is 1. The van der Waals surface area contributed by atoms with Gasteiger partial charge < -0.3 is 38.4 Å². The van der Waals surface area contributed by atoms with E-state index >= 15 is 0 Å². The molecular formula is C28H54NNa2O9P. The third-order valence-corrected chi connectivity index (χ3v) is 6.73. The number of phosphoric ester groups is 1. The average molecular weight is 626 g/mol. The van der Waals surface area contributed by atoms with Crippen molar-refractivity contribution >= 4 is 19.7 Å². The fraction of sp³-hybridized carbons (Fsp3) is 0.929. The monoisotopic (exact) mass is 625 g/mol. The van der Waals surface area contributed by atoms with Crippen molar-refractivity contribution in [2.75, 3.05) is 33.2 Å². The van der Waals surface area contributed by atoms with Crippen LogP contribution in [0.3, 0.4) is 0 Å². The zero-order valence-electron chi connectivity index (χ0n) is 26.5. The molecule has 232 valence electrons. The van der Waals surface area contributed by atoms with Gasteiger partial charge >= 0.3 is 65.1 Å². The minimum absolute atomic E-state index is 0. The number of rotatable bonds is 29. The molecule has 0 radical (unpaired) electrons. The molecule has 0 aliphatic rings. The van der Waals surface area contributed by atoms with Gasteiger partial charge in [0.15, 0.2) is 0 Å². The van der Waals surface area contributed by atoms with Crippen LogP contribution in [0.5, 0.6) is 0 Å². The fourth-order valence-electron chi connectivity index (χ4n) is 4.07. The number of carbonyl (C=O) groups excluding carboxylic acids is 2. The number of unbranched alkanes of at least 4 members (excludes halogenated alkanes) is 15. The first kappa shape index (κ1) is 46.4. The molecule has 1 amide bonds. The van der Waals surface area contributed by atoms with Crippen LogP contribution in [-0.4, -0.2) is 51.1 Å². The van der Waals surface area contributed by atoms with Crippen LogP contribution in [0.25, 0.3) is 0 Å². The van der Waals surface area contributed by atoms with Gasteiger partial charge in [-0.25, -0.2) is 0 Å². The first-order chi connectivity index (χ1) is 18.7. The molecule has 0 aromatic rings. The summed E-state index contributed by atoms with van der Waals surface area (Å²) in [5.74, 6) is -0.425. The number of esters is 1. The smallest absolute Gasteiger partial charge is 0.790 e. The fourth-order valence-corrected chi connectivity index (χ4v) is 4.42. The van der Waals surface area contributed by atoms with Crippen LogP contribution in [0.4, 0.5) is 0 Å². The Balaban J connectivity index is -0.00000722. The summed E-state index contributed by atoms with van der Waals surface area (Å²) in [4.78, 5) is 44.5. The predicted molar refractivity (Wildman–Crippen MR) is 148 cm³/mol. The second kappa shape index (κ2) is 33.9. The molecule has 1 atom stereocenters. The second-order valence-corrected chi connectivity index (χ2v) is 11.3. The Morgan fingerprint density at radius 1 is 0.732 bits per heavy atom. The number of nitrogens with one attached hydrogen (secondary N) is 1. The molecule has 0 rings (SSSR count). The van der Waals surface area contributed by atoms with Crippen LogP contribution in [0, 0.1) is 0 Å². The molecule has 0 aromatic carbocycles. The molecule has 0 saturated heterocycles. The number of hydrogen-bond acceptors (Lipinski definition) is 9. The van der Waals surface area contributed by atoms with E-state index in [2.05, 4.69) is 16.8 Å². The number of ether oxygens (including phenoxy) is 3. The van der Waals surface area contributed by atoms with Gasteiger partial charge in [0.05, 0.1) is 21.0 Å². The summed E-state index contributed by atoms with van der Waals surface area (Å²) >= 11 is 0. The molecule has 0 spiro atoms. The van der Waals surface area contributed by atoms with Crippen molar-refractivity contribution < 1.29 is 102 Å². The van der Waals surface area contributed by atoms with Crippen molar-refractivity contribution in [2.24, 2.45) is 0 Å². The van der Waals surface area contributed by atoms with Crippen molar-refractivity contribution in [3.8, 4) is 0 Å². The van der Waals surface area contributed by atoms with E-state index in [1.807, 2.05) is 0 Å². The molecule has 0 aliphatic heterocycles. The minimum Gasteiger partial charge on any atom is -0.790 e. The average Bonchev–Trinajstić information content (AvgIpc) is 2.87. The number of phosphoric acid groups is 1. The summed E-state index contributed by atoms with van der Waals surface area (Å²) in [6, 6.07) is 0. The maximum atomic E-state index is 12.1. The molecule has 0 saturated carbocycles. The van der Waals surface area contributed by atoms with Gasteiger partial charge in [0, 0.05) is 26.5 Å². The maximum absolute atomic E-state index is 12.1. The Morgan fingerprint density at radius 3 is 1.78 bits per heavy atom. The van der Waals surface area contributed by atoms with Crippen LogP contribution in [0.1, 0.15) is 129 Å². The molecule has 13 heteroatoms. The van der Waals surface area contributed by atoms with Crippen molar-refractivity contribution in [1.82, 2.24) is 5.32 Å². The van der Waals surface area contributed by atoms with Crippen LogP contribution < -0.4 is 74.2 Å². The Bertz CT molecular complexity index is 642. The SMILES string of the molecule is CCCCCCCCCC(=O)O[C@@H](COCOCCCCCCCCCCCCNC(C)=O)COP(=O)([O-])[O-].[Na+].[Na+]. The molecule has 0 bridgehead atoms. The van der Waals surface area contributed by atoms with E-state index in [4.69, 9.17) is 14.2 Å². The summed E-state index contributed by atoms with van der Waals surface area (Å²) in [5, 5.41) is 2.82. The maximum Gasteiger partial charge on any atom is 1.00 e. The predicted octanol–water partition coefficient (Wildman–Crippen LogP) is -1.08. The molecule has 0 aromatic heterocycles. The van der Waals surface area contributed by atoms with E-state index in [9.17, 15) is 23.9 Å². The van der Waals surface area contributed by atoms with Gasteiger partial charge in [-0.1, -0.05) is 96.8 Å². The van der Waals surface area contributed by atoms with Gasteiger partial charge in [-0.3, -0.25) is 9.59 Å². The molecule has 10 nitrogen and oxygen atoms in total. The largest absolute Gasteiger partial charge is 1.00 e. The first-order valence-corrected chi connectivity index (χ1v) is 16.5. The van der Waals surface area contributed by atoms with E-state index in [1.165, 1.54) is 51.4 Å². The van der Waals surface area contributed by atoms with Crippen molar-refractivity contribution in [1.29, 1.82) is 0 Å². The Hall–Kier alpha value is 0.970. The quantitative estimate of drug-likeness (QED) is 0.0361. The Labute approximate surface area is 293 Å². The van der Waals surface area contributed by atoms with Crippen LogP contribution in [0.15, 0.2) is 0 Å². The van der Waals surface area contributed by atoms with Gasteiger partial charge in [-0.15, -0.1) is 0 Å². The van der Waals surface area contributed by atoms with Gasteiger partial charge in [-0.2, -0.15) is 0 Å². The summed E-state index contributed by atoms with van der Waals surface area (Å²) < 4.78 is 31.2. The zero-order chi connectivity index (χ0) is 29.0. The van der Waals surface area contributed by atoms with Gasteiger partial charge in [0.1, 0.15) is 12.9 Å². The summed E-state index contributed by atoms with van der Waals surface area (Å²) in [7, 11) is -5.17. The Morgan fingerprint density at radius 2 is 1.24 bits per heavy atom. The zero-order valence-corrected chi connectivity index (χ0v) is 31.4. The first-order valence-electron chi connectivity index (χ1n) is 15.0. The standard InChI is InChI=1S/C28H56NO9P.2Na/c1-3-4-5-6-11-14-17-20-28(31)38-27(24-37-39(32,33)34)23-36-25-35-22-19-16-13-10-8-7-9-12-15-18-21-29-26(2)30;;/h27H,3-25H2,1-2H3,(H,29,30)(H2,32,33,34);;/q;2*+1/p-2/t27-;;/m0../s1. The van der Waals surface area contributed by atoms with E-state index < -0.39 is 26.5 Å². The van der Waals surface area contributed by atoms with Gasteiger partial charge in [0.25, 0.3) is 0 Å². The molecule has 41 heavy (non-hydrogen) atoms. The minimum atomic E-state index is -5.17. The van der Waals surface area contributed by atoms with Crippen molar-refractivity contribution in [3.05, 3.63) is 0 Å². The number of carbonyl (C=O) groups is 2. The molecule has 1 N–H and O–H groups in total. The number of hydrogen-bond donors (Lipinski definition) is 1. The topological polar surface area (TPSA) is 146 Å². The Kier molecular flexibility index (Phi) is 38.3. The molecular weight excluding hydrogens is 571 g/mol. The van der Waals surface area contributed by atoms with E-state index in [0.29, 0.717) is 13.0 Å². The van der Waals surface area contributed by atoms with Gasteiger partial charge in [-0.05, 0) is 19.3 Å². The van der Waals surface area contributed by atoms with Crippen LogP contribution >= 0.6 is 7.82 Å². The van der Waals surface area contributed by atoms with Gasteiger partial charge in [0.2, 0.25) is 5.91 Å². The summed E-state index contributed by atoms with van der Waals surface area (Å²) in [5.41, 5.74) is 0. The molecule has 0 fully saturated rings. The van der Waals surface area contributed by atoms with E-state index in [1.54, 1.807) is 6.92 Å². The van der Waals surface area contributed by atoms with Crippen molar-refractivity contribution in [2.45, 2.75) is 136 Å². The summed E-state index contributed by atoms with van der Waals surface area (Å²) in [6.45, 7) is 4.33. The van der Waals surface area contributed by atoms with E-state index in [0.717, 1.165) is 57.9 Å². The van der Waals surface area contributed by atoms with Crippen molar-refractivity contribution in [3.63, 3.8) is 0 Å². The summed E-state index contributed by atoms with van der Waals surface area (Å²) in [6.07, 6.45) is 18.2. The molecule has 0 heterocycles.